The number of carbonyl (C=O) groups excluding carboxylic acids is 3. The van der Waals surface area contributed by atoms with Crippen molar-refractivity contribution in [3.05, 3.63) is 81.5 Å². The Balaban J connectivity index is 1.43. The second-order valence-corrected chi connectivity index (χ2v) is 10.1. The maximum absolute atomic E-state index is 13.8. The zero-order valence-corrected chi connectivity index (χ0v) is 22.5. The summed E-state index contributed by atoms with van der Waals surface area (Å²) in [6.07, 6.45) is 3.42. The minimum atomic E-state index is -0.958. The van der Waals surface area contributed by atoms with Gasteiger partial charge in [-0.3, -0.25) is 14.6 Å². The Bertz CT molecular complexity index is 1520. The van der Waals surface area contributed by atoms with Gasteiger partial charge in [0.1, 0.15) is 12.6 Å². The molecular formula is C27H25Cl2N5O4. The number of hydrogen-bond donors (Lipinski definition) is 1. The van der Waals surface area contributed by atoms with E-state index in [1.807, 2.05) is 23.6 Å². The number of nitrogens with zero attached hydrogens (tertiary/aromatic N) is 4. The molecule has 38 heavy (non-hydrogen) atoms. The van der Waals surface area contributed by atoms with E-state index in [1.165, 1.54) is 12.0 Å². The van der Waals surface area contributed by atoms with Gasteiger partial charge in [-0.05, 0) is 50.2 Å². The summed E-state index contributed by atoms with van der Waals surface area (Å²) in [5, 5.41) is 1.85. The van der Waals surface area contributed by atoms with Gasteiger partial charge in [0.15, 0.2) is 0 Å². The molecule has 1 aliphatic heterocycles. The van der Waals surface area contributed by atoms with E-state index in [0.717, 1.165) is 22.3 Å². The highest BCUT2D eigenvalue weighted by atomic mass is 35.5. The van der Waals surface area contributed by atoms with Crippen molar-refractivity contribution < 1.29 is 19.1 Å². The highest BCUT2D eigenvalue weighted by Crippen LogP contribution is 2.28. The molecule has 0 bridgehead atoms. The van der Waals surface area contributed by atoms with Crippen LogP contribution >= 0.6 is 23.2 Å². The number of carbonyl (C=O) groups is 3. The lowest BCUT2D eigenvalue weighted by molar-refractivity contribution is -0.153. The summed E-state index contributed by atoms with van der Waals surface area (Å²) in [6.45, 7) is 3.66. The molecule has 1 N–H and O–H groups in total. The number of methoxy groups -OCH3 is 1. The molecule has 5 rings (SSSR count). The third-order valence-electron chi connectivity index (χ3n) is 6.77. The minimum absolute atomic E-state index is 0.00744. The second kappa shape index (κ2) is 10.2. The van der Waals surface area contributed by atoms with Crippen molar-refractivity contribution in [2.24, 2.45) is 0 Å². The molecule has 1 saturated heterocycles. The van der Waals surface area contributed by atoms with Gasteiger partial charge in [0.25, 0.3) is 5.91 Å². The Morgan fingerprint density at radius 2 is 1.87 bits per heavy atom. The lowest BCUT2D eigenvalue weighted by Crippen LogP contribution is -2.60. The van der Waals surface area contributed by atoms with Crippen LogP contribution in [0.3, 0.4) is 0 Å². The molecule has 11 heteroatoms. The number of rotatable bonds is 5. The Kier molecular flexibility index (Phi) is 6.90. The van der Waals surface area contributed by atoms with Gasteiger partial charge in [0, 0.05) is 56.1 Å². The van der Waals surface area contributed by atoms with Crippen LogP contribution in [0.5, 0.6) is 0 Å². The first-order valence-corrected chi connectivity index (χ1v) is 12.7. The zero-order valence-electron chi connectivity index (χ0n) is 21.0. The number of piperazine rings is 1. The molecule has 3 aromatic heterocycles. The fourth-order valence-corrected chi connectivity index (χ4v) is 5.51. The summed E-state index contributed by atoms with van der Waals surface area (Å²) >= 11 is 12.4. The molecule has 2 amide bonds. The van der Waals surface area contributed by atoms with Crippen molar-refractivity contribution in [2.75, 3.05) is 20.2 Å². The van der Waals surface area contributed by atoms with Gasteiger partial charge < -0.3 is 24.1 Å². The fourth-order valence-electron chi connectivity index (χ4n) is 4.99. The number of pyridine rings is 1. The van der Waals surface area contributed by atoms with E-state index in [9.17, 15) is 14.4 Å². The van der Waals surface area contributed by atoms with E-state index in [1.54, 1.807) is 48.5 Å². The maximum Gasteiger partial charge on any atom is 0.330 e. The van der Waals surface area contributed by atoms with Gasteiger partial charge in [-0.15, -0.1) is 0 Å². The number of nitrogens with one attached hydrogen (secondary N) is 1. The van der Waals surface area contributed by atoms with Crippen LogP contribution in [0.2, 0.25) is 10.0 Å². The number of H-pyrrole nitrogens is 1. The Hall–Kier alpha value is -3.82. The molecule has 1 fully saturated rings. The predicted molar refractivity (Wildman–Crippen MR) is 144 cm³/mol. The number of ether oxygens (including phenoxy) is 1. The Labute approximate surface area is 228 Å². The number of aromatic nitrogens is 3. The Morgan fingerprint density at radius 3 is 2.55 bits per heavy atom. The number of hydrogen-bond acceptors (Lipinski definition) is 5. The second-order valence-electron chi connectivity index (χ2n) is 9.25. The number of fused-ring (bicyclic) bond motifs is 1. The van der Waals surface area contributed by atoms with Crippen molar-refractivity contribution in [1.29, 1.82) is 0 Å². The molecule has 0 saturated carbocycles. The first-order valence-electron chi connectivity index (χ1n) is 11.9. The molecule has 0 spiro atoms. The Morgan fingerprint density at radius 1 is 1.13 bits per heavy atom. The van der Waals surface area contributed by atoms with Gasteiger partial charge in [-0.25, -0.2) is 4.79 Å². The lowest BCUT2D eigenvalue weighted by Gasteiger charge is -2.39. The normalized spacial score (nSPS) is 15.8. The largest absolute Gasteiger partial charge is 0.467 e. The number of amides is 2. The van der Waals surface area contributed by atoms with Gasteiger partial charge in [-0.1, -0.05) is 23.2 Å². The van der Waals surface area contributed by atoms with Gasteiger partial charge in [0.05, 0.1) is 25.8 Å². The van der Waals surface area contributed by atoms with Crippen LogP contribution in [0.1, 0.15) is 27.4 Å². The maximum atomic E-state index is 13.8. The summed E-state index contributed by atoms with van der Waals surface area (Å²) in [6, 6.07) is 9.67. The number of benzene rings is 1. The van der Waals surface area contributed by atoms with Crippen LogP contribution in [-0.2, 0) is 20.9 Å². The van der Waals surface area contributed by atoms with Crippen LogP contribution in [-0.4, -0.2) is 68.4 Å². The van der Waals surface area contributed by atoms with Crippen LogP contribution in [0, 0.1) is 13.8 Å². The number of esters is 1. The van der Waals surface area contributed by atoms with E-state index in [4.69, 9.17) is 27.9 Å². The standard InChI is InChI=1S/C27H25Cl2N5O4/c1-15-6-22(16(2)34(15)21-9-18(28)8-19(29)10-21)26(36)33-14-25(35)32(13-24(33)27(37)38-3)12-20-7-17-11-30-5-4-23(17)31-20/h4-11,24,31H,12-14H2,1-3H3. The summed E-state index contributed by atoms with van der Waals surface area (Å²) in [7, 11) is 1.27. The highest BCUT2D eigenvalue weighted by Gasteiger charge is 2.41. The van der Waals surface area contributed by atoms with Crippen LogP contribution in [0.4, 0.5) is 0 Å². The number of halogens is 2. The van der Waals surface area contributed by atoms with Gasteiger partial charge >= 0.3 is 5.97 Å². The molecule has 4 heterocycles. The SMILES string of the molecule is COC(=O)C1CN(Cc2cc3cnccc3[nH]2)C(=O)CN1C(=O)c1cc(C)n(-c2cc(Cl)cc(Cl)c2)c1C. The van der Waals surface area contributed by atoms with E-state index < -0.39 is 17.9 Å². The summed E-state index contributed by atoms with van der Waals surface area (Å²) in [4.78, 5) is 50.0. The van der Waals surface area contributed by atoms with Gasteiger partial charge in [-0.2, -0.15) is 0 Å². The first-order chi connectivity index (χ1) is 18.2. The topological polar surface area (TPSA) is 101 Å². The molecule has 4 aromatic rings. The van der Waals surface area contributed by atoms with Crippen molar-refractivity contribution in [1.82, 2.24) is 24.3 Å². The monoisotopic (exact) mass is 553 g/mol. The first kappa shape index (κ1) is 25.8. The predicted octanol–water partition coefficient (Wildman–Crippen LogP) is 4.30. The smallest absolute Gasteiger partial charge is 0.330 e. The van der Waals surface area contributed by atoms with Gasteiger partial charge in [0.2, 0.25) is 5.91 Å². The van der Waals surface area contributed by atoms with Crippen molar-refractivity contribution in [3.8, 4) is 5.69 Å². The number of aromatic amines is 1. The molecule has 0 aliphatic carbocycles. The molecule has 1 aromatic carbocycles. The summed E-state index contributed by atoms with van der Waals surface area (Å²) < 4.78 is 6.88. The van der Waals surface area contributed by atoms with E-state index in [2.05, 4.69) is 9.97 Å². The van der Waals surface area contributed by atoms with Crippen molar-refractivity contribution in [3.63, 3.8) is 0 Å². The zero-order chi connectivity index (χ0) is 27.1. The van der Waals surface area contributed by atoms with E-state index >= 15 is 0 Å². The van der Waals surface area contributed by atoms with E-state index in [-0.39, 0.29) is 25.5 Å². The fraction of sp³-hybridized carbons (Fsp3) is 0.259. The minimum Gasteiger partial charge on any atom is -0.467 e. The number of aryl methyl sites for hydroxylation is 1. The van der Waals surface area contributed by atoms with E-state index in [0.29, 0.717) is 27.0 Å². The molecule has 9 nitrogen and oxygen atoms in total. The summed E-state index contributed by atoms with van der Waals surface area (Å²) in [5.41, 5.74) is 4.19. The van der Waals surface area contributed by atoms with Crippen LogP contribution in [0.15, 0.2) is 48.8 Å². The molecule has 1 unspecified atom stereocenters. The average molecular weight is 554 g/mol. The average Bonchev–Trinajstić information content (AvgIpc) is 3.42. The molecule has 1 aliphatic rings. The van der Waals surface area contributed by atoms with Crippen LogP contribution in [0.25, 0.3) is 16.6 Å². The lowest BCUT2D eigenvalue weighted by atomic mass is 10.1. The molecule has 0 radical (unpaired) electrons. The van der Waals surface area contributed by atoms with Crippen molar-refractivity contribution >= 4 is 51.9 Å². The molecule has 1 atom stereocenters. The highest BCUT2D eigenvalue weighted by molar-refractivity contribution is 6.34. The molecular weight excluding hydrogens is 529 g/mol. The third kappa shape index (κ3) is 4.75. The van der Waals surface area contributed by atoms with Crippen molar-refractivity contribution in [2.45, 2.75) is 26.4 Å². The summed E-state index contributed by atoms with van der Waals surface area (Å²) in [5.74, 6) is -1.30. The molecule has 196 valence electrons. The third-order valence-corrected chi connectivity index (χ3v) is 7.20. The van der Waals surface area contributed by atoms with Crippen LogP contribution < -0.4 is 0 Å². The quantitative estimate of drug-likeness (QED) is 0.371.